The molecule has 0 fully saturated rings. The Hall–Kier alpha value is -0.570. The molecule has 0 bridgehead atoms. The molecule has 64 valence electrons. The van der Waals surface area contributed by atoms with E-state index in [0.29, 0.717) is 0 Å². The first kappa shape index (κ1) is 10.4. The predicted molar refractivity (Wildman–Crippen MR) is 53.0 cm³/mol. The number of thioether (sulfide) groups is 1. The lowest BCUT2D eigenvalue weighted by molar-refractivity contribution is 0.468. The number of nitrogens with two attached hydrogens (primary N) is 1. The van der Waals surface area contributed by atoms with Gasteiger partial charge < -0.3 is 10.6 Å². The summed E-state index contributed by atoms with van der Waals surface area (Å²) >= 11 is 1.69. The molecule has 0 aliphatic rings. The lowest BCUT2D eigenvalue weighted by atomic mass is 10.6. The molecule has 0 aromatic heterocycles. The van der Waals surface area contributed by atoms with Crippen LogP contribution in [-0.4, -0.2) is 17.3 Å². The van der Waals surface area contributed by atoms with Crippen LogP contribution in [0.15, 0.2) is 23.9 Å². The Kier molecular flexibility index (Phi) is 5.84. The summed E-state index contributed by atoms with van der Waals surface area (Å²) in [7, 11) is 0. The maximum Gasteiger partial charge on any atom is 0.0674 e. The first-order chi connectivity index (χ1) is 5.20. The third-order valence-electron chi connectivity index (χ3n) is 1.17. The summed E-state index contributed by atoms with van der Waals surface area (Å²) in [5, 5.41) is 1.95. The molecular formula is C8H16N2S. The van der Waals surface area contributed by atoms with Crippen molar-refractivity contribution in [1.82, 2.24) is 4.90 Å². The van der Waals surface area contributed by atoms with Gasteiger partial charge in [-0.2, -0.15) is 0 Å². The van der Waals surface area contributed by atoms with E-state index < -0.39 is 0 Å². The number of nitrogens with zero attached hydrogens (tertiary/aromatic N) is 1. The zero-order valence-corrected chi connectivity index (χ0v) is 8.03. The van der Waals surface area contributed by atoms with E-state index in [1.165, 1.54) is 0 Å². The Morgan fingerprint density at radius 3 is 2.73 bits per heavy atom. The largest absolute Gasteiger partial charge is 0.402 e. The highest BCUT2D eigenvalue weighted by molar-refractivity contribution is 8.02. The molecule has 2 N–H and O–H groups in total. The zero-order chi connectivity index (χ0) is 8.69. The third kappa shape index (κ3) is 5.85. The highest BCUT2D eigenvalue weighted by Gasteiger charge is 1.91. The van der Waals surface area contributed by atoms with Gasteiger partial charge in [-0.1, -0.05) is 6.58 Å². The summed E-state index contributed by atoms with van der Waals surface area (Å²) in [6.07, 6.45) is 1.84. The van der Waals surface area contributed by atoms with Gasteiger partial charge in [-0.3, -0.25) is 0 Å². The Bertz CT molecular complexity index is 139. The van der Waals surface area contributed by atoms with Gasteiger partial charge in [-0.25, -0.2) is 0 Å². The fourth-order valence-corrected chi connectivity index (χ4v) is 1.35. The average Bonchev–Trinajstić information content (AvgIpc) is 1.98. The highest BCUT2D eigenvalue weighted by atomic mass is 32.2. The van der Waals surface area contributed by atoms with Crippen LogP contribution in [0.2, 0.25) is 0 Å². The maximum absolute atomic E-state index is 5.46. The van der Waals surface area contributed by atoms with Crippen LogP contribution in [-0.2, 0) is 0 Å². The van der Waals surface area contributed by atoms with E-state index in [2.05, 4.69) is 18.4 Å². The lowest BCUT2D eigenvalue weighted by Gasteiger charge is -2.15. The predicted octanol–water partition coefficient (Wildman–Crippen LogP) is 1.96. The molecule has 0 rings (SSSR count). The highest BCUT2D eigenvalue weighted by Crippen LogP contribution is 2.06. The molecule has 0 aliphatic heterocycles. The fourth-order valence-electron chi connectivity index (χ4n) is 0.538. The standard InChI is InChI=1S/C8H16N2S/c1-4-10(5-2)7-11-6-8(3)9/h4,6H,1,5,7,9H2,2-3H3/b8-6-. The van der Waals surface area contributed by atoms with Gasteiger partial charge in [0.1, 0.15) is 0 Å². The van der Waals surface area contributed by atoms with Gasteiger partial charge in [-0.15, -0.1) is 11.8 Å². The van der Waals surface area contributed by atoms with Crippen molar-refractivity contribution >= 4 is 11.8 Å². The topological polar surface area (TPSA) is 29.3 Å². The van der Waals surface area contributed by atoms with Gasteiger partial charge in [0.05, 0.1) is 5.88 Å². The van der Waals surface area contributed by atoms with E-state index in [0.717, 1.165) is 18.1 Å². The molecule has 0 saturated heterocycles. The minimum Gasteiger partial charge on any atom is -0.402 e. The fraction of sp³-hybridized carbons (Fsp3) is 0.500. The van der Waals surface area contributed by atoms with Gasteiger partial charge >= 0.3 is 0 Å². The maximum atomic E-state index is 5.46. The zero-order valence-electron chi connectivity index (χ0n) is 7.21. The molecule has 0 atom stereocenters. The summed E-state index contributed by atoms with van der Waals surface area (Å²) in [5.41, 5.74) is 6.31. The minimum absolute atomic E-state index is 0.857. The monoisotopic (exact) mass is 172 g/mol. The smallest absolute Gasteiger partial charge is 0.0674 e. The Morgan fingerprint density at radius 2 is 2.36 bits per heavy atom. The summed E-state index contributed by atoms with van der Waals surface area (Å²) in [6.45, 7) is 8.67. The van der Waals surface area contributed by atoms with E-state index >= 15 is 0 Å². The van der Waals surface area contributed by atoms with Crippen LogP contribution < -0.4 is 5.73 Å². The lowest BCUT2D eigenvalue weighted by Crippen LogP contribution is -2.14. The molecule has 0 saturated carbocycles. The molecule has 0 unspecified atom stereocenters. The second-order valence-electron chi connectivity index (χ2n) is 2.25. The SMILES string of the molecule is C=CN(CC)CS/C=C(/C)N. The number of rotatable bonds is 5. The van der Waals surface area contributed by atoms with Crippen LogP contribution in [0.5, 0.6) is 0 Å². The van der Waals surface area contributed by atoms with E-state index in [4.69, 9.17) is 5.73 Å². The van der Waals surface area contributed by atoms with Crippen LogP contribution in [0.3, 0.4) is 0 Å². The van der Waals surface area contributed by atoms with Gasteiger partial charge in [0.2, 0.25) is 0 Å². The van der Waals surface area contributed by atoms with E-state index in [1.807, 2.05) is 18.5 Å². The Labute approximate surface area is 73.1 Å². The number of hydrogen-bond donors (Lipinski definition) is 1. The Morgan fingerprint density at radius 1 is 1.73 bits per heavy atom. The van der Waals surface area contributed by atoms with Crippen molar-refractivity contribution < 1.29 is 0 Å². The second-order valence-corrected chi connectivity index (χ2v) is 3.07. The molecule has 0 aliphatic carbocycles. The molecule has 0 radical (unpaired) electrons. The van der Waals surface area contributed by atoms with E-state index in [1.54, 1.807) is 11.8 Å². The summed E-state index contributed by atoms with van der Waals surface area (Å²) in [4.78, 5) is 2.12. The summed E-state index contributed by atoms with van der Waals surface area (Å²) in [5.74, 6) is 0.925. The van der Waals surface area contributed by atoms with Crippen molar-refractivity contribution in [3.05, 3.63) is 23.9 Å². The van der Waals surface area contributed by atoms with Gasteiger partial charge in [-0.05, 0) is 25.5 Å². The molecule has 0 amide bonds. The van der Waals surface area contributed by atoms with E-state index in [-0.39, 0.29) is 0 Å². The number of hydrogen-bond acceptors (Lipinski definition) is 3. The van der Waals surface area contributed by atoms with Crippen LogP contribution >= 0.6 is 11.8 Å². The molecular weight excluding hydrogens is 156 g/mol. The number of allylic oxidation sites excluding steroid dienone is 1. The van der Waals surface area contributed by atoms with Gasteiger partial charge in [0.15, 0.2) is 0 Å². The second kappa shape index (κ2) is 6.16. The third-order valence-corrected chi connectivity index (χ3v) is 2.19. The van der Waals surface area contributed by atoms with Crippen molar-refractivity contribution in [2.45, 2.75) is 13.8 Å². The molecule has 0 aromatic carbocycles. The first-order valence-corrected chi connectivity index (χ1v) is 4.66. The van der Waals surface area contributed by atoms with Gasteiger partial charge in [0.25, 0.3) is 0 Å². The van der Waals surface area contributed by atoms with Crippen molar-refractivity contribution in [1.29, 1.82) is 0 Å². The van der Waals surface area contributed by atoms with Crippen LogP contribution in [0.1, 0.15) is 13.8 Å². The molecule has 3 heteroatoms. The molecule has 0 heterocycles. The van der Waals surface area contributed by atoms with Crippen LogP contribution in [0, 0.1) is 0 Å². The summed E-state index contributed by atoms with van der Waals surface area (Å²) < 4.78 is 0. The Balaban J connectivity index is 3.51. The van der Waals surface area contributed by atoms with Crippen molar-refractivity contribution in [2.75, 3.05) is 12.4 Å². The van der Waals surface area contributed by atoms with Crippen LogP contribution in [0.25, 0.3) is 0 Å². The van der Waals surface area contributed by atoms with Crippen LogP contribution in [0.4, 0.5) is 0 Å². The normalized spacial score (nSPS) is 11.3. The molecule has 11 heavy (non-hydrogen) atoms. The van der Waals surface area contributed by atoms with Crippen molar-refractivity contribution in [2.24, 2.45) is 5.73 Å². The van der Waals surface area contributed by atoms with Crippen molar-refractivity contribution in [3.8, 4) is 0 Å². The molecule has 0 spiro atoms. The van der Waals surface area contributed by atoms with Crippen molar-refractivity contribution in [3.63, 3.8) is 0 Å². The van der Waals surface area contributed by atoms with Gasteiger partial charge in [0, 0.05) is 12.2 Å². The first-order valence-electron chi connectivity index (χ1n) is 3.61. The summed E-state index contributed by atoms with van der Waals surface area (Å²) in [6, 6.07) is 0. The minimum atomic E-state index is 0.857. The molecule has 0 aromatic rings. The quantitative estimate of drug-likeness (QED) is 0.643. The average molecular weight is 172 g/mol. The van der Waals surface area contributed by atoms with E-state index in [9.17, 15) is 0 Å². The molecule has 2 nitrogen and oxygen atoms in total.